The second kappa shape index (κ2) is 6.82. The third kappa shape index (κ3) is 3.29. The van der Waals surface area contributed by atoms with Crippen LogP contribution < -0.4 is 10.9 Å². The molecule has 1 atom stereocenters. The molecule has 3 rings (SSSR count). The van der Waals surface area contributed by atoms with Crippen molar-refractivity contribution in [1.29, 1.82) is 0 Å². The first kappa shape index (κ1) is 16.2. The van der Waals surface area contributed by atoms with Crippen LogP contribution in [0, 0.1) is 0 Å². The second-order valence-electron chi connectivity index (χ2n) is 5.99. The van der Waals surface area contributed by atoms with Crippen molar-refractivity contribution in [2.45, 2.75) is 25.8 Å². The van der Waals surface area contributed by atoms with E-state index in [9.17, 15) is 9.59 Å². The SMILES string of the molecule is CC(=O)N1CCC[C@@H]1CNc1nc(-c2ccncc2)cc(=O)n1C. The van der Waals surface area contributed by atoms with Crippen LogP contribution in [0.15, 0.2) is 35.4 Å². The smallest absolute Gasteiger partial charge is 0.255 e. The summed E-state index contributed by atoms with van der Waals surface area (Å²) in [6, 6.07) is 5.29. The number of rotatable bonds is 4. The van der Waals surface area contributed by atoms with E-state index < -0.39 is 0 Å². The van der Waals surface area contributed by atoms with Crippen LogP contribution in [-0.2, 0) is 11.8 Å². The highest BCUT2D eigenvalue weighted by molar-refractivity contribution is 5.74. The Morgan fingerprint density at radius 2 is 2.12 bits per heavy atom. The summed E-state index contributed by atoms with van der Waals surface area (Å²) in [6.45, 7) is 2.97. The molecule has 1 aliphatic rings. The van der Waals surface area contributed by atoms with Gasteiger partial charge in [0.05, 0.1) is 5.69 Å². The van der Waals surface area contributed by atoms with Gasteiger partial charge in [-0.2, -0.15) is 0 Å². The molecule has 7 heteroatoms. The largest absolute Gasteiger partial charge is 0.353 e. The lowest BCUT2D eigenvalue weighted by Crippen LogP contribution is -2.38. The fourth-order valence-corrected chi connectivity index (χ4v) is 3.04. The van der Waals surface area contributed by atoms with Crippen LogP contribution in [0.3, 0.4) is 0 Å². The predicted octanol–water partition coefficient (Wildman–Crippen LogP) is 1.27. The molecule has 1 amide bonds. The number of anilines is 1. The monoisotopic (exact) mass is 327 g/mol. The van der Waals surface area contributed by atoms with Gasteiger partial charge < -0.3 is 10.2 Å². The van der Waals surface area contributed by atoms with Crippen molar-refractivity contribution in [3.05, 3.63) is 40.9 Å². The molecule has 7 nitrogen and oxygen atoms in total. The molecule has 1 fully saturated rings. The number of nitrogens with one attached hydrogen (secondary N) is 1. The van der Waals surface area contributed by atoms with Crippen LogP contribution in [0.4, 0.5) is 5.95 Å². The van der Waals surface area contributed by atoms with Gasteiger partial charge in [0, 0.05) is 57.1 Å². The van der Waals surface area contributed by atoms with E-state index in [-0.39, 0.29) is 17.5 Å². The van der Waals surface area contributed by atoms with Gasteiger partial charge in [-0.15, -0.1) is 0 Å². The Labute approximate surface area is 140 Å². The lowest BCUT2D eigenvalue weighted by molar-refractivity contribution is -0.129. The third-order valence-electron chi connectivity index (χ3n) is 4.39. The van der Waals surface area contributed by atoms with Crippen molar-refractivity contribution in [2.75, 3.05) is 18.4 Å². The van der Waals surface area contributed by atoms with E-state index in [4.69, 9.17) is 0 Å². The van der Waals surface area contributed by atoms with Crippen molar-refractivity contribution >= 4 is 11.9 Å². The highest BCUT2D eigenvalue weighted by atomic mass is 16.2. The molecular formula is C17H21N5O2. The van der Waals surface area contributed by atoms with E-state index in [1.165, 1.54) is 10.6 Å². The summed E-state index contributed by atoms with van der Waals surface area (Å²) >= 11 is 0. The molecule has 1 aliphatic heterocycles. The van der Waals surface area contributed by atoms with Gasteiger partial charge in [-0.1, -0.05) is 0 Å². The Morgan fingerprint density at radius 1 is 1.38 bits per heavy atom. The molecule has 0 aromatic carbocycles. The highest BCUT2D eigenvalue weighted by Crippen LogP contribution is 2.19. The molecule has 1 N–H and O–H groups in total. The van der Waals surface area contributed by atoms with Crippen LogP contribution >= 0.6 is 0 Å². The lowest BCUT2D eigenvalue weighted by Gasteiger charge is -2.24. The van der Waals surface area contributed by atoms with Gasteiger partial charge in [-0.3, -0.25) is 19.1 Å². The van der Waals surface area contributed by atoms with Gasteiger partial charge in [0.15, 0.2) is 0 Å². The fourth-order valence-electron chi connectivity index (χ4n) is 3.04. The van der Waals surface area contributed by atoms with Gasteiger partial charge in [0.1, 0.15) is 0 Å². The number of carbonyl (C=O) groups excluding carboxylic acids is 1. The predicted molar refractivity (Wildman–Crippen MR) is 91.6 cm³/mol. The molecule has 2 aromatic rings. The van der Waals surface area contributed by atoms with Crippen LogP contribution in [0.1, 0.15) is 19.8 Å². The highest BCUT2D eigenvalue weighted by Gasteiger charge is 2.26. The summed E-state index contributed by atoms with van der Waals surface area (Å²) in [5, 5.41) is 3.23. The first-order valence-corrected chi connectivity index (χ1v) is 8.06. The van der Waals surface area contributed by atoms with Crippen molar-refractivity contribution in [1.82, 2.24) is 19.4 Å². The molecule has 3 heterocycles. The van der Waals surface area contributed by atoms with Crippen molar-refractivity contribution < 1.29 is 4.79 Å². The van der Waals surface area contributed by atoms with Crippen LogP contribution in [0.5, 0.6) is 0 Å². The number of likely N-dealkylation sites (tertiary alicyclic amines) is 1. The molecule has 24 heavy (non-hydrogen) atoms. The first-order chi connectivity index (χ1) is 11.6. The molecule has 0 bridgehead atoms. The van der Waals surface area contributed by atoms with Crippen LogP contribution in [-0.4, -0.2) is 44.5 Å². The van der Waals surface area contributed by atoms with Gasteiger partial charge in [0.2, 0.25) is 11.9 Å². The first-order valence-electron chi connectivity index (χ1n) is 8.06. The maximum absolute atomic E-state index is 12.2. The Morgan fingerprint density at radius 3 is 2.83 bits per heavy atom. The van der Waals surface area contributed by atoms with Crippen LogP contribution in [0.25, 0.3) is 11.3 Å². The lowest BCUT2D eigenvalue weighted by atomic mass is 10.2. The molecule has 0 aliphatic carbocycles. The second-order valence-corrected chi connectivity index (χ2v) is 5.99. The standard InChI is InChI=1S/C17H21N5O2/c1-12(23)22-9-3-4-14(22)11-19-17-20-15(10-16(24)21(17)2)13-5-7-18-8-6-13/h5-8,10,14H,3-4,9,11H2,1-2H3,(H,19,20)/t14-/m1/s1. The molecule has 126 valence electrons. The average Bonchev–Trinajstić information content (AvgIpc) is 3.05. The zero-order valence-electron chi connectivity index (χ0n) is 13.9. The number of amides is 1. The molecule has 0 radical (unpaired) electrons. The summed E-state index contributed by atoms with van der Waals surface area (Å²) in [7, 11) is 1.69. The number of pyridine rings is 1. The van der Waals surface area contributed by atoms with Crippen molar-refractivity contribution in [3.8, 4) is 11.3 Å². The Bertz CT molecular complexity index is 787. The summed E-state index contributed by atoms with van der Waals surface area (Å²) in [4.78, 5) is 34.3. The number of hydrogen-bond donors (Lipinski definition) is 1. The summed E-state index contributed by atoms with van der Waals surface area (Å²) in [5.41, 5.74) is 1.32. The minimum Gasteiger partial charge on any atom is -0.353 e. The Balaban J connectivity index is 1.82. The van der Waals surface area contributed by atoms with Crippen LogP contribution in [0.2, 0.25) is 0 Å². The number of hydrogen-bond acceptors (Lipinski definition) is 5. The van der Waals surface area contributed by atoms with Crippen molar-refractivity contribution in [3.63, 3.8) is 0 Å². The molecule has 0 spiro atoms. The minimum atomic E-state index is -0.130. The van der Waals surface area contributed by atoms with E-state index in [2.05, 4.69) is 15.3 Å². The normalized spacial score (nSPS) is 17.1. The van der Waals surface area contributed by atoms with E-state index in [1.807, 2.05) is 17.0 Å². The number of aromatic nitrogens is 3. The molecule has 0 unspecified atom stereocenters. The number of nitrogens with zero attached hydrogens (tertiary/aromatic N) is 4. The topological polar surface area (TPSA) is 80.1 Å². The van der Waals surface area contributed by atoms with Gasteiger partial charge in [0.25, 0.3) is 5.56 Å². The quantitative estimate of drug-likeness (QED) is 0.914. The molecular weight excluding hydrogens is 306 g/mol. The zero-order chi connectivity index (χ0) is 17.1. The maximum atomic E-state index is 12.2. The summed E-state index contributed by atoms with van der Waals surface area (Å²) < 4.78 is 1.48. The average molecular weight is 327 g/mol. The van der Waals surface area contributed by atoms with E-state index in [0.29, 0.717) is 18.2 Å². The number of carbonyl (C=O) groups is 1. The summed E-state index contributed by atoms with van der Waals surface area (Å²) in [5.74, 6) is 0.594. The summed E-state index contributed by atoms with van der Waals surface area (Å²) in [6.07, 6.45) is 5.32. The van der Waals surface area contributed by atoms with Gasteiger partial charge in [-0.05, 0) is 25.0 Å². The Kier molecular flexibility index (Phi) is 4.59. The van der Waals surface area contributed by atoms with E-state index >= 15 is 0 Å². The van der Waals surface area contributed by atoms with E-state index in [0.717, 1.165) is 24.9 Å². The van der Waals surface area contributed by atoms with Crippen molar-refractivity contribution in [2.24, 2.45) is 7.05 Å². The zero-order valence-corrected chi connectivity index (χ0v) is 13.9. The van der Waals surface area contributed by atoms with Gasteiger partial charge >= 0.3 is 0 Å². The minimum absolute atomic E-state index is 0.0895. The fraction of sp³-hybridized carbons (Fsp3) is 0.412. The molecule has 2 aromatic heterocycles. The third-order valence-corrected chi connectivity index (χ3v) is 4.39. The van der Waals surface area contributed by atoms with E-state index in [1.54, 1.807) is 26.4 Å². The molecule has 0 saturated carbocycles. The Hall–Kier alpha value is -2.70. The molecule has 1 saturated heterocycles. The maximum Gasteiger partial charge on any atom is 0.255 e. The van der Waals surface area contributed by atoms with Gasteiger partial charge in [-0.25, -0.2) is 4.98 Å².